The van der Waals surface area contributed by atoms with Gasteiger partial charge in [-0.05, 0) is 18.2 Å². The first-order chi connectivity index (χ1) is 5.29. The van der Waals surface area contributed by atoms with Crippen molar-refractivity contribution in [2.24, 2.45) is 0 Å². The molecule has 11 heavy (non-hydrogen) atoms. The Kier molecular flexibility index (Phi) is 1.77. The third-order valence-electron chi connectivity index (χ3n) is 1.75. The van der Waals surface area contributed by atoms with Crippen LogP contribution in [0.1, 0.15) is 0 Å². The van der Waals surface area contributed by atoms with Gasteiger partial charge in [-0.3, -0.25) is 0 Å². The monoisotopic (exact) mass is 182 g/mol. The highest BCUT2D eigenvalue weighted by atomic mass is 32.2. The van der Waals surface area contributed by atoms with Gasteiger partial charge in [-0.25, -0.2) is 0 Å². The lowest BCUT2D eigenvalue weighted by Crippen LogP contribution is -2.18. The second-order valence-corrected chi connectivity index (χ2v) is 4.41. The van der Waals surface area contributed by atoms with Gasteiger partial charge in [0, 0.05) is 11.9 Å². The van der Waals surface area contributed by atoms with E-state index in [1.54, 1.807) is 11.8 Å². The van der Waals surface area contributed by atoms with Crippen molar-refractivity contribution in [3.05, 3.63) is 24.3 Å². The summed E-state index contributed by atoms with van der Waals surface area (Å²) in [6.45, 7) is 0. The molecule has 1 unspecified atom stereocenters. The summed E-state index contributed by atoms with van der Waals surface area (Å²) in [5.74, 6) is 0. The molecule has 1 radical (unpaired) electrons. The SMILES string of the molecule is CN1c2cc[c]cc2SC1S. The molecule has 1 aromatic carbocycles. The predicted molar refractivity (Wildman–Crippen MR) is 52.3 cm³/mol. The van der Waals surface area contributed by atoms with Gasteiger partial charge in [0.2, 0.25) is 0 Å². The zero-order valence-corrected chi connectivity index (χ0v) is 7.82. The van der Waals surface area contributed by atoms with Crippen LogP contribution in [-0.4, -0.2) is 11.8 Å². The molecular weight excluding hydrogens is 174 g/mol. The van der Waals surface area contributed by atoms with Gasteiger partial charge >= 0.3 is 0 Å². The molecule has 1 heterocycles. The van der Waals surface area contributed by atoms with Gasteiger partial charge in [0.15, 0.2) is 0 Å². The lowest BCUT2D eigenvalue weighted by molar-refractivity contribution is 1.07. The fourth-order valence-electron chi connectivity index (χ4n) is 1.10. The van der Waals surface area contributed by atoms with E-state index in [0.717, 1.165) is 0 Å². The molecule has 0 amide bonds. The average Bonchev–Trinajstić information content (AvgIpc) is 2.30. The van der Waals surface area contributed by atoms with E-state index in [1.165, 1.54) is 10.6 Å². The highest BCUT2D eigenvalue weighted by molar-refractivity contribution is 8.10. The summed E-state index contributed by atoms with van der Waals surface area (Å²) in [4.78, 5) is 3.42. The number of anilines is 1. The summed E-state index contributed by atoms with van der Waals surface area (Å²) in [6, 6.07) is 9.06. The highest BCUT2D eigenvalue weighted by Gasteiger charge is 2.22. The van der Waals surface area contributed by atoms with Crippen molar-refractivity contribution in [3.63, 3.8) is 0 Å². The Morgan fingerprint density at radius 3 is 3.27 bits per heavy atom. The number of benzene rings is 1. The predicted octanol–water partition coefficient (Wildman–Crippen LogP) is 2.24. The summed E-state index contributed by atoms with van der Waals surface area (Å²) in [5.41, 5.74) is 1.26. The minimum absolute atomic E-state index is 0.265. The summed E-state index contributed by atoms with van der Waals surface area (Å²) >= 11 is 6.17. The van der Waals surface area contributed by atoms with Crippen molar-refractivity contribution >= 4 is 30.1 Å². The maximum absolute atomic E-state index is 4.41. The first-order valence-corrected chi connectivity index (χ1v) is 4.76. The van der Waals surface area contributed by atoms with E-state index in [-0.39, 0.29) is 4.71 Å². The Morgan fingerprint density at radius 1 is 1.73 bits per heavy atom. The second-order valence-electron chi connectivity index (χ2n) is 2.45. The van der Waals surface area contributed by atoms with Crippen molar-refractivity contribution < 1.29 is 0 Å². The molecular formula is C8H8NS2. The Balaban J connectivity index is 2.47. The van der Waals surface area contributed by atoms with Crippen molar-refractivity contribution in [2.75, 3.05) is 11.9 Å². The Bertz CT molecular complexity index is 275. The molecule has 3 heteroatoms. The van der Waals surface area contributed by atoms with E-state index in [9.17, 15) is 0 Å². The number of hydrogen-bond acceptors (Lipinski definition) is 3. The van der Waals surface area contributed by atoms with Crippen LogP contribution < -0.4 is 4.90 Å². The summed E-state index contributed by atoms with van der Waals surface area (Å²) in [6.07, 6.45) is 0. The Morgan fingerprint density at radius 2 is 2.55 bits per heavy atom. The smallest absolute Gasteiger partial charge is 0.123 e. The van der Waals surface area contributed by atoms with E-state index in [1.807, 2.05) is 12.1 Å². The van der Waals surface area contributed by atoms with Crippen molar-refractivity contribution in [1.82, 2.24) is 0 Å². The number of thiol groups is 1. The van der Waals surface area contributed by atoms with E-state index in [4.69, 9.17) is 0 Å². The molecule has 1 nitrogen and oxygen atoms in total. The molecule has 0 bridgehead atoms. The van der Waals surface area contributed by atoms with Gasteiger partial charge in [0.25, 0.3) is 0 Å². The van der Waals surface area contributed by atoms with Gasteiger partial charge in [-0.2, -0.15) is 0 Å². The van der Waals surface area contributed by atoms with Crippen LogP contribution in [0.3, 0.4) is 0 Å². The van der Waals surface area contributed by atoms with Crippen LogP contribution in [0.2, 0.25) is 0 Å². The molecule has 0 saturated carbocycles. The lowest BCUT2D eigenvalue weighted by atomic mass is 10.3. The standard InChI is InChI=1S/C8H8NS2/c1-9-6-4-2-3-5-7(6)11-8(9)10/h2,4-5,8,10H,1H3. The summed E-state index contributed by atoms with van der Waals surface area (Å²) < 4.78 is 0.265. The largest absolute Gasteiger partial charge is 0.353 e. The van der Waals surface area contributed by atoms with Crippen molar-refractivity contribution in [1.29, 1.82) is 0 Å². The fraction of sp³-hybridized carbons (Fsp3) is 0.250. The molecule has 0 aromatic heterocycles. The Labute approximate surface area is 76.2 Å². The van der Waals surface area contributed by atoms with Crippen LogP contribution in [0.15, 0.2) is 23.1 Å². The van der Waals surface area contributed by atoms with Gasteiger partial charge in [-0.15, -0.1) is 12.6 Å². The zero-order chi connectivity index (χ0) is 7.84. The van der Waals surface area contributed by atoms with Crippen LogP contribution in [-0.2, 0) is 0 Å². The van der Waals surface area contributed by atoms with E-state index >= 15 is 0 Å². The third kappa shape index (κ3) is 1.12. The van der Waals surface area contributed by atoms with E-state index < -0.39 is 0 Å². The molecule has 0 aliphatic carbocycles. The molecule has 0 N–H and O–H groups in total. The van der Waals surface area contributed by atoms with Crippen LogP contribution in [0.25, 0.3) is 0 Å². The number of nitrogens with zero attached hydrogens (tertiary/aromatic N) is 1. The van der Waals surface area contributed by atoms with Crippen LogP contribution >= 0.6 is 24.4 Å². The molecule has 0 spiro atoms. The number of fused-ring (bicyclic) bond motifs is 1. The maximum Gasteiger partial charge on any atom is 0.123 e. The summed E-state index contributed by atoms with van der Waals surface area (Å²) in [7, 11) is 2.05. The highest BCUT2D eigenvalue weighted by Crippen LogP contribution is 2.43. The fourth-order valence-corrected chi connectivity index (χ4v) is 2.54. The normalized spacial score (nSPS) is 22.0. The molecule has 0 saturated heterocycles. The van der Waals surface area contributed by atoms with Gasteiger partial charge in [0.05, 0.1) is 5.69 Å². The molecule has 1 aliphatic rings. The number of thioether (sulfide) groups is 1. The third-order valence-corrected chi connectivity index (χ3v) is 3.52. The first-order valence-electron chi connectivity index (χ1n) is 3.37. The molecule has 1 aliphatic heterocycles. The molecule has 57 valence electrons. The molecule has 1 aromatic rings. The topological polar surface area (TPSA) is 3.24 Å². The minimum atomic E-state index is 0.265. The quantitative estimate of drug-likeness (QED) is 0.613. The van der Waals surface area contributed by atoms with Gasteiger partial charge in [0.1, 0.15) is 4.71 Å². The maximum atomic E-state index is 4.41. The van der Waals surface area contributed by atoms with E-state index in [2.05, 4.69) is 36.7 Å². The van der Waals surface area contributed by atoms with Gasteiger partial charge in [-0.1, -0.05) is 17.8 Å². The molecule has 0 fully saturated rings. The second kappa shape index (κ2) is 2.64. The Hall–Kier alpha value is -0.280. The van der Waals surface area contributed by atoms with Crippen LogP contribution in [0.4, 0.5) is 5.69 Å². The average molecular weight is 182 g/mol. The van der Waals surface area contributed by atoms with Crippen molar-refractivity contribution in [2.45, 2.75) is 9.60 Å². The molecule has 1 atom stereocenters. The minimum Gasteiger partial charge on any atom is -0.353 e. The van der Waals surface area contributed by atoms with Gasteiger partial charge < -0.3 is 4.90 Å². The number of hydrogen-bond donors (Lipinski definition) is 1. The first kappa shape index (κ1) is 7.37. The molecule has 2 rings (SSSR count). The lowest BCUT2D eigenvalue weighted by Gasteiger charge is -2.15. The van der Waals surface area contributed by atoms with Crippen LogP contribution in [0, 0.1) is 6.07 Å². The van der Waals surface area contributed by atoms with Crippen LogP contribution in [0.5, 0.6) is 0 Å². The zero-order valence-electron chi connectivity index (χ0n) is 6.11. The van der Waals surface area contributed by atoms with Crippen molar-refractivity contribution in [3.8, 4) is 0 Å². The van der Waals surface area contributed by atoms with E-state index in [0.29, 0.717) is 0 Å². The summed E-state index contributed by atoms with van der Waals surface area (Å²) in [5, 5.41) is 0. The number of rotatable bonds is 0.